The van der Waals surface area contributed by atoms with Crippen LogP contribution in [0, 0.1) is 17.6 Å². The van der Waals surface area contributed by atoms with Crippen LogP contribution in [0.25, 0.3) is 0 Å². The third kappa shape index (κ3) is 3.90. The number of aromatic nitrogens is 2. The number of anilines is 1. The fourth-order valence-corrected chi connectivity index (χ4v) is 3.75. The van der Waals surface area contributed by atoms with Gasteiger partial charge in [0.25, 0.3) is 0 Å². The maximum absolute atomic E-state index is 14.2. The van der Waals surface area contributed by atoms with Crippen LogP contribution >= 0.6 is 0 Å². The summed E-state index contributed by atoms with van der Waals surface area (Å²) in [6.45, 7) is 1.25. The van der Waals surface area contributed by atoms with Crippen LogP contribution in [0.1, 0.15) is 30.9 Å². The topological polar surface area (TPSA) is 70.9 Å². The molecule has 2 aliphatic heterocycles. The molecular formula is C20H21F2N5O2. The molecule has 0 saturated carbocycles. The van der Waals surface area contributed by atoms with Crippen LogP contribution in [-0.2, 0) is 4.79 Å². The van der Waals surface area contributed by atoms with Gasteiger partial charge in [0.05, 0.1) is 25.5 Å². The third-order valence-electron chi connectivity index (χ3n) is 5.35. The molecule has 0 radical (unpaired) electrons. The van der Waals surface area contributed by atoms with Crippen LogP contribution in [0.15, 0.2) is 35.7 Å². The quantitative estimate of drug-likeness (QED) is 0.788. The van der Waals surface area contributed by atoms with Gasteiger partial charge < -0.3 is 9.64 Å². The Labute approximate surface area is 167 Å². The summed E-state index contributed by atoms with van der Waals surface area (Å²) >= 11 is 0. The molecule has 1 amide bonds. The zero-order valence-electron chi connectivity index (χ0n) is 16.0. The Kier molecular flexibility index (Phi) is 5.37. The van der Waals surface area contributed by atoms with Crippen molar-refractivity contribution < 1.29 is 18.3 Å². The lowest BCUT2D eigenvalue weighted by molar-refractivity contribution is -0.138. The SMILES string of the molecule is COc1cnc(N2CCC(C(=O)N3N=CC[C@H]3c3cc(F)ccc3F)CC2)nc1. The van der Waals surface area contributed by atoms with Crippen molar-refractivity contribution in [3.05, 3.63) is 47.8 Å². The Balaban J connectivity index is 1.42. The lowest BCUT2D eigenvalue weighted by Crippen LogP contribution is -2.41. The zero-order chi connectivity index (χ0) is 20.4. The first kappa shape index (κ1) is 19.2. The summed E-state index contributed by atoms with van der Waals surface area (Å²) in [5, 5.41) is 5.46. The van der Waals surface area contributed by atoms with Gasteiger partial charge in [-0.1, -0.05) is 0 Å². The van der Waals surface area contributed by atoms with E-state index < -0.39 is 17.7 Å². The number of hydrazone groups is 1. The van der Waals surface area contributed by atoms with Gasteiger partial charge in [-0.05, 0) is 31.0 Å². The highest BCUT2D eigenvalue weighted by Gasteiger charge is 2.36. The van der Waals surface area contributed by atoms with Crippen LogP contribution < -0.4 is 9.64 Å². The predicted octanol–water partition coefficient (Wildman–Crippen LogP) is 2.94. The first-order chi connectivity index (χ1) is 14.1. The number of amides is 1. The van der Waals surface area contributed by atoms with Crippen molar-refractivity contribution in [1.29, 1.82) is 0 Å². The van der Waals surface area contributed by atoms with Crippen molar-refractivity contribution in [2.75, 3.05) is 25.1 Å². The van der Waals surface area contributed by atoms with E-state index in [4.69, 9.17) is 4.74 Å². The lowest BCUT2D eigenvalue weighted by Gasteiger charge is -2.33. The minimum absolute atomic E-state index is 0.153. The van der Waals surface area contributed by atoms with Gasteiger partial charge in [0.1, 0.15) is 11.6 Å². The summed E-state index contributed by atoms with van der Waals surface area (Å²) in [4.78, 5) is 23.6. The number of hydrogen-bond donors (Lipinski definition) is 0. The minimum Gasteiger partial charge on any atom is -0.494 e. The molecular weight excluding hydrogens is 380 g/mol. The Morgan fingerprint density at radius 2 is 1.90 bits per heavy atom. The number of rotatable bonds is 4. The highest BCUT2D eigenvalue weighted by molar-refractivity contribution is 5.82. The predicted molar refractivity (Wildman–Crippen MR) is 103 cm³/mol. The summed E-state index contributed by atoms with van der Waals surface area (Å²) in [5.41, 5.74) is 0.153. The Morgan fingerprint density at radius 3 is 2.59 bits per heavy atom. The molecule has 2 aromatic rings. The Bertz CT molecular complexity index is 914. The molecule has 152 valence electrons. The molecule has 0 unspecified atom stereocenters. The van der Waals surface area contributed by atoms with Crippen LogP contribution in [0.2, 0.25) is 0 Å². The van der Waals surface area contributed by atoms with Gasteiger partial charge in [-0.25, -0.2) is 23.8 Å². The van der Waals surface area contributed by atoms with Gasteiger partial charge in [-0.2, -0.15) is 5.10 Å². The van der Waals surface area contributed by atoms with Gasteiger partial charge in [0.2, 0.25) is 11.9 Å². The number of piperidine rings is 1. The first-order valence-electron chi connectivity index (χ1n) is 9.48. The number of ether oxygens (including phenoxy) is 1. The normalized spacial score (nSPS) is 19.6. The van der Waals surface area contributed by atoms with E-state index in [1.807, 2.05) is 4.90 Å². The molecule has 1 fully saturated rings. The minimum atomic E-state index is -0.610. The fraction of sp³-hybridized carbons (Fsp3) is 0.400. The molecule has 3 heterocycles. The van der Waals surface area contributed by atoms with Crippen molar-refractivity contribution in [1.82, 2.24) is 15.0 Å². The van der Waals surface area contributed by atoms with E-state index in [2.05, 4.69) is 15.1 Å². The van der Waals surface area contributed by atoms with Gasteiger partial charge in [0.15, 0.2) is 5.75 Å². The average Bonchev–Trinajstić information content (AvgIpc) is 3.25. The average molecular weight is 401 g/mol. The van der Waals surface area contributed by atoms with Crippen LogP contribution in [0.5, 0.6) is 5.75 Å². The van der Waals surface area contributed by atoms with Crippen molar-refractivity contribution in [2.24, 2.45) is 11.0 Å². The van der Waals surface area contributed by atoms with Crippen molar-refractivity contribution in [3.8, 4) is 5.75 Å². The monoisotopic (exact) mass is 401 g/mol. The number of carbonyl (C=O) groups is 1. The molecule has 0 spiro atoms. The van der Waals surface area contributed by atoms with E-state index in [0.29, 0.717) is 44.0 Å². The molecule has 4 rings (SSSR count). The van der Waals surface area contributed by atoms with Crippen LogP contribution in [0.4, 0.5) is 14.7 Å². The Hall–Kier alpha value is -3.10. The standard InChI is InChI=1S/C20H21F2N5O2/c1-29-15-11-23-20(24-12-15)26-8-5-13(6-9-26)19(28)27-18(4-7-25-27)16-10-14(21)2-3-17(16)22/h2-3,7,10-13,18H,4-6,8-9H2,1H3/t18-/m0/s1. The molecule has 0 N–H and O–H groups in total. The van der Waals surface area contributed by atoms with E-state index in [0.717, 1.165) is 18.2 Å². The van der Waals surface area contributed by atoms with E-state index >= 15 is 0 Å². The van der Waals surface area contributed by atoms with Gasteiger partial charge in [-0.3, -0.25) is 4.79 Å². The van der Waals surface area contributed by atoms with E-state index in [1.54, 1.807) is 25.7 Å². The summed E-state index contributed by atoms with van der Waals surface area (Å²) < 4.78 is 32.9. The third-order valence-corrected chi connectivity index (χ3v) is 5.35. The number of nitrogens with zero attached hydrogens (tertiary/aromatic N) is 5. The van der Waals surface area contributed by atoms with Crippen molar-refractivity contribution in [2.45, 2.75) is 25.3 Å². The maximum Gasteiger partial charge on any atom is 0.246 e. The van der Waals surface area contributed by atoms with E-state index in [9.17, 15) is 13.6 Å². The highest BCUT2D eigenvalue weighted by Crippen LogP contribution is 2.33. The summed E-state index contributed by atoms with van der Waals surface area (Å²) in [6, 6.07) is 2.68. The zero-order valence-corrected chi connectivity index (χ0v) is 16.0. The second kappa shape index (κ2) is 8.10. The molecule has 1 aromatic heterocycles. The molecule has 29 heavy (non-hydrogen) atoms. The summed E-state index contributed by atoms with van der Waals surface area (Å²) in [7, 11) is 1.55. The second-order valence-corrected chi connectivity index (χ2v) is 7.08. The largest absolute Gasteiger partial charge is 0.494 e. The molecule has 9 heteroatoms. The van der Waals surface area contributed by atoms with E-state index in [-0.39, 0.29) is 17.4 Å². The van der Waals surface area contributed by atoms with Gasteiger partial charge in [0, 0.05) is 37.2 Å². The molecule has 0 bridgehead atoms. The van der Waals surface area contributed by atoms with Crippen molar-refractivity contribution >= 4 is 18.1 Å². The number of methoxy groups -OCH3 is 1. The first-order valence-corrected chi connectivity index (χ1v) is 9.48. The number of hydrogen-bond acceptors (Lipinski definition) is 6. The smallest absolute Gasteiger partial charge is 0.246 e. The number of benzene rings is 1. The lowest BCUT2D eigenvalue weighted by atomic mass is 9.94. The highest BCUT2D eigenvalue weighted by atomic mass is 19.1. The molecule has 2 aliphatic rings. The van der Waals surface area contributed by atoms with E-state index in [1.165, 1.54) is 5.01 Å². The van der Waals surface area contributed by atoms with Gasteiger partial charge in [-0.15, -0.1) is 0 Å². The molecule has 7 nitrogen and oxygen atoms in total. The molecule has 1 aromatic carbocycles. The Morgan fingerprint density at radius 1 is 1.17 bits per heavy atom. The number of halogens is 2. The van der Waals surface area contributed by atoms with Crippen LogP contribution in [-0.4, -0.2) is 47.3 Å². The molecule has 1 saturated heterocycles. The molecule has 0 aliphatic carbocycles. The second-order valence-electron chi connectivity index (χ2n) is 7.08. The summed E-state index contributed by atoms with van der Waals surface area (Å²) in [5.74, 6) is -0.293. The number of carbonyl (C=O) groups excluding carboxylic acids is 1. The van der Waals surface area contributed by atoms with Crippen molar-refractivity contribution in [3.63, 3.8) is 0 Å². The van der Waals surface area contributed by atoms with Gasteiger partial charge >= 0.3 is 0 Å². The summed E-state index contributed by atoms with van der Waals surface area (Å²) in [6.07, 6.45) is 6.38. The maximum atomic E-state index is 14.2. The van der Waals surface area contributed by atoms with Crippen LogP contribution in [0.3, 0.4) is 0 Å². The fourth-order valence-electron chi connectivity index (χ4n) is 3.75. The molecule has 1 atom stereocenters.